The van der Waals surface area contributed by atoms with Crippen LogP contribution in [0.5, 0.6) is 5.88 Å². The van der Waals surface area contributed by atoms with Crippen LogP contribution in [0.3, 0.4) is 0 Å². The number of rotatable bonds is 1. The van der Waals surface area contributed by atoms with Gasteiger partial charge in [0.05, 0.1) is 18.0 Å². The van der Waals surface area contributed by atoms with Crippen molar-refractivity contribution in [2.24, 2.45) is 7.05 Å². The van der Waals surface area contributed by atoms with Gasteiger partial charge in [-0.15, -0.1) is 0 Å². The second-order valence-electron chi connectivity index (χ2n) is 2.79. The van der Waals surface area contributed by atoms with Crippen molar-refractivity contribution in [3.8, 4) is 5.88 Å². The first-order chi connectivity index (χ1) is 6.22. The fraction of sp³-hybridized carbons (Fsp3) is 0.222. The van der Waals surface area contributed by atoms with E-state index in [-0.39, 0.29) is 0 Å². The summed E-state index contributed by atoms with van der Waals surface area (Å²) in [5.41, 5.74) is 0.947. The van der Waals surface area contributed by atoms with Crippen LogP contribution >= 0.6 is 15.9 Å². The predicted octanol–water partition coefficient (Wildman–Crippen LogP) is 2.34. The Kier molecular flexibility index (Phi) is 2.00. The van der Waals surface area contributed by atoms with E-state index in [0.717, 1.165) is 21.3 Å². The van der Waals surface area contributed by atoms with Gasteiger partial charge >= 0.3 is 0 Å². The number of benzene rings is 1. The minimum Gasteiger partial charge on any atom is -0.481 e. The van der Waals surface area contributed by atoms with E-state index in [1.807, 2.05) is 25.2 Å². The zero-order chi connectivity index (χ0) is 9.42. The fourth-order valence-electron chi connectivity index (χ4n) is 1.39. The molecule has 0 aliphatic carbocycles. The molecule has 0 fully saturated rings. The quantitative estimate of drug-likeness (QED) is 0.766. The summed E-state index contributed by atoms with van der Waals surface area (Å²) < 4.78 is 8.00. The Morgan fingerprint density at radius 3 is 2.92 bits per heavy atom. The van der Waals surface area contributed by atoms with Gasteiger partial charge in [-0.25, -0.2) is 4.68 Å². The van der Waals surface area contributed by atoms with Crippen molar-refractivity contribution in [2.75, 3.05) is 7.11 Å². The van der Waals surface area contributed by atoms with Crippen LogP contribution in [0.4, 0.5) is 0 Å². The number of methoxy groups -OCH3 is 1. The fourth-order valence-corrected chi connectivity index (χ4v) is 1.75. The van der Waals surface area contributed by atoms with E-state index in [0.29, 0.717) is 0 Å². The standard InChI is InChI=1S/C9H9BrN2O/c1-12-9(13-2)7-5-6(10)3-4-8(7)11-12/h3-5H,1-2H3. The molecule has 0 saturated carbocycles. The van der Waals surface area contributed by atoms with Crippen molar-refractivity contribution in [3.63, 3.8) is 0 Å². The number of hydrogen-bond acceptors (Lipinski definition) is 2. The van der Waals surface area contributed by atoms with Crippen LogP contribution in [0.1, 0.15) is 0 Å². The zero-order valence-corrected chi connectivity index (χ0v) is 9.00. The van der Waals surface area contributed by atoms with Gasteiger partial charge in [0.25, 0.3) is 0 Å². The summed E-state index contributed by atoms with van der Waals surface area (Å²) in [5.74, 6) is 0.788. The summed E-state index contributed by atoms with van der Waals surface area (Å²) in [6, 6.07) is 5.93. The molecule has 0 N–H and O–H groups in total. The molecule has 0 aliphatic rings. The molecule has 3 nitrogen and oxygen atoms in total. The molecule has 13 heavy (non-hydrogen) atoms. The molecule has 2 aromatic rings. The number of aryl methyl sites for hydroxylation is 1. The maximum Gasteiger partial charge on any atom is 0.219 e. The molecule has 0 bridgehead atoms. The molecule has 4 heteroatoms. The van der Waals surface area contributed by atoms with E-state index in [1.54, 1.807) is 11.8 Å². The lowest BCUT2D eigenvalue weighted by Crippen LogP contribution is -1.94. The number of aromatic nitrogens is 2. The Balaban J connectivity index is 2.80. The van der Waals surface area contributed by atoms with Crippen LogP contribution in [0, 0.1) is 0 Å². The van der Waals surface area contributed by atoms with Crippen molar-refractivity contribution in [1.82, 2.24) is 9.78 Å². The molecule has 0 radical (unpaired) electrons. The third-order valence-electron chi connectivity index (χ3n) is 1.93. The van der Waals surface area contributed by atoms with Gasteiger partial charge in [-0.2, -0.15) is 5.10 Å². The average Bonchev–Trinajstić information content (AvgIpc) is 2.40. The lowest BCUT2D eigenvalue weighted by molar-refractivity contribution is 0.377. The molecule has 0 aliphatic heterocycles. The Morgan fingerprint density at radius 2 is 2.23 bits per heavy atom. The van der Waals surface area contributed by atoms with Gasteiger partial charge in [-0.05, 0) is 18.2 Å². The van der Waals surface area contributed by atoms with Crippen LogP contribution in [0.2, 0.25) is 0 Å². The van der Waals surface area contributed by atoms with E-state index < -0.39 is 0 Å². The minimum atomic E-state index is 0.788. The molecule has 2 rings (SSSR count). The first-order valence-corrected chi connectivity index (χ1v) is 4.68. The highest BCUT2D eigenvalue weighted by Crippen LogP contribution is 2.27. The first kappa shape index (κ1) is 8.56. The third-order valence-corrected chi connectivity index (χ3v) is 2.43. The van der Waals surface area contributed by atoms with E-state index in [1.165, 1.54) is 0 Å². The summed E-state index contributed by atoms with van der Waals surface area (Å²) in [6.07, 6.45) is 0. The molecule has 68 valence electrons. The summed E-state index contributed by atoms with van der Waals surface area (Å²) in [4.78, 5) is 0. The Morgan fingerprint density at radius 1 is 1.46 bits per heavy atom. The van der Waals surface area contributed by atoms with Crippen molar-refractivity contribution in [3.05, 3.63) is 22.7 Å². The highest BCUT2D eigenvalue weighted by atomic mass is 79.9. The summed E-state index contributed by atoms with van der Waals surface area (Å²) in [6.45, 7) is 0. The third kappa shape index (κ3) is 1.31. The molecule has 0 amide bonds. The average molecular weight is 241 g/mol. The summed E-state index contributed by atoms with van der Waals surface area (Å²) >= 11 is 3.41. The van der Waals surface area contributed by atoms with Crippen LogP contribution in [-0.4, -0.2) is 16.9 Å². The van der Waals surface area contributed by atoms with Crippen molar-refractivity contribution < 1.29 is 4.74 Å². The maximum atomic E-state index is 5.23. The first-order valence-electron chi connectivity index (χ1n) is 3.88. The van der Waals surface area contributed by atoms with Gasteiger partial charge in [-0.3, -0.25) is 0 Å². The molecule has 0 unspecified atom stereocenters. The van der Waals surface area contributed by atoms with Gasteiger partial charge in [-0.1, -0.05) is 15.9 Å². The van der Waals surface area contributed by atoms with Crippen molar-refractivity contribution in [2.45, 2.75) is 0 Å². The Labute approximate surface area is 84.4 Å². The second-order valence-corrected chi connectivity index (χ2v) is 3.71. The van der Waals surface area contributed by atoms with Gasteiger partial charge in [0.2, 0.25) is 5.88 Å². The molecular weight excluding hydrogens is 232 g/mol. The zero-order valence-electron chi connectivity index (χ0n) is 7.41. The number of fused-ring (bicyclic) bond motifs is 1. The van der Waals surface area contributed by atoms with Crippen LogP contribution < -0.4 is 4.74 Å². The highest BCUT2D eigenvalue weighted by molar-refractivity contribution is 9.10. The minimum absolute atomic E-state index is 0.788. The van der Waals surface area contributed by atoms with Crippen LogP contribution in [0.15, 0.2) is 22.7 Å². The normalized spacial score (nSPS) is 10.7. The second kappa shape index (κ2) is 3.03. The Hall–Kier alpha value is -1.03. The van der Waals surface area contributed by atoms with Crippen LogP contribution in [0.25, 0.3) is 10.9 Å². The van der Waals surface area contributed by atoms with Gasteiger partial charge in [0.15, 0.2) is 0 Å². The van der Waals surface area contributed by atoms with E-state index in [2.05, 4.69) is 21.0 Å². The number of hydrogen-bond donors (Lipinski definition) is 0. The summed E-state index contributed by atoms with van der Waals surface area (Å²) in [5, 5.41) is 5.32. The molecule has 1 aromatic carbocycles. The molecule has 1 aromatic heterocycles. The summed E-state index contributed by atoms with van der Waals surface area (Å²) in [7, 11) is 3.52. The Bertz CT molecular complexity index is 450. The maximum absolute atomic E-state index is 5.23. The van der Waals surface area contributed by atoms with Gasteiger partial charge < -0.3 is 4.74 Å². The lowest BCUT2D eigenvalue weighted by Gasteiger charge is -1.98. The SMILES string of the molecule is COc1c2cc(Br)ccc2nn1C. The van der Waals surface area contributed by atoms with E-state index in [9.17, 15) is 0 Å². The number of halogens is 1. The van der Waals surface area contributed by atoms with Gasteiger partial charge in [0.1, 0.15) is 0 Å². The molecular formula is C9H9BrN2O. The number of nitrogens with zero attached hydrogens (tertiary/aromatic N) is 2. The van der Waals surface area contributed by atoms with Gasteiger partial charge in [0, 0.05) is 11.5 Å². The van der Waals surface area contributed by atoms with E-state index in [4.69, 9.17) is 4.74 Å². The van der Waals surface area contributed by atoms with Crippen molar-refractivity contribution >= 4 is 26.8 Å². The van der Waals surface area contributed by atoms with E-state index >= 15 is 0 Å². The van der Waals surface area contributed by atoms with Crippen molar-refractivity contribution in [1.29, 1.82) is 0 Å². The monoisotopic (exact) mass is 240 g/mol. The number of ether oxygens (including phenoxy) is 1. The largest absolute Gasteiger partial charge is 0.481 e. The van der Waals surface area contributed by atoms with Crippen LogP contribution in [-0.2, 0) is 7.05 Å². The molecule has 0 atom stereocenters. The molecule has 1 heterocycles. The topological polar surface area (TPSA) is 27.1 Å². The predicted molar refractivity (Wildman–Crippen MR) is 55.0 cm³/mol. The smallest absolute Gasteiger partial charge is 0.219 e. The molecule has 0 spiro atoms. The molecule has 0 saturated heterocycles. The highest BCUT2D eigenvalue weighted by Gasteiger charge is 2.08. The lowest BCUT2D eigenvalue weighted by atomic mass is 10.2.